The van der Waals surface area contributed by atoms with Crippen LogP contribution in [0.5, 0.6) is 0 Å². The summed E-state index contributed by atoms with van der Waals surface area (Å²) in [5.41, 5.74) is 0. The van der Waals surface area contributed by atoms with Crippen molar-refractivity contribution < 1.29 is 19.2 Å². The Hall–Kier alpha value is 2.45. The molecule has 9 heavy (non-hydrogen) atoms. The minimum absolute atomic E-state index is 0. The van der Waals surface area contributed by atoms with Crippen LogP contribution in [0.2, 0.25) is 0 Å². The standard InChI is InChI=1S/4Li.H4O4Si/c;;;;1-5(2,3)4/h;;;;1-4H. The molecule has 0 rings (SSSR count). The smallest absolute Gasteiger partial charge is 0.368 e. The maximum atomic E-state index is 7.33. The zero-order valence-electron chi connectivity index (χ0n) is 6.29. The molecule has 0 unspecified atom stereocenters. The van der Waals surface area contributed by atoms with Gasteiger partial charge >= 0.3 is 9.05 Å². The molecular weight excluding hydrogens is 120 g/mol. The Balaban J connectivity index is -0.0000000133. The van der Waals surface area contributed by atoms with Gasteiger partial charge in [-0.1, -0.05) is 0 Å². The molecular formula is H4Li4O4Si. The van der Waals surface area contributed by atoms with E-state index in [4.69, 9.17) is 19.2 Å². The van der Waals surface area contributed by atoms with Gasteiger partial charge in [-0.25, -0.2) is 0 Å². The summed E-state index contributed by atoms with van der Waals surface area (Å²) in [6, 6.07) is 0. The van der Waals surface area contributed by atoms with Crippen molar-refractivity contribution in [3.8, 4) is 0 Å². The van der Waals surface area contributed by atoms with E-state index < -0.39 is 9.05 Å². The Bertz CT molecular complexity index is 28.0. The van der Waals surface area contributed by atoms with Gasteiger partial charge in [0.15, 0.2) is 0 Å². The predicted octanol–water partition coefficient (Wildman–Crippen LogP) is -4.13. The molecule has 36 valence electrons. The minimum atomic E-state index is -4.61. The van der Waals surface area contributed by atoms with E-state index in [-0.39, 0.29) is 75.4 Å². The molecule has 0 heterocycles. The van der Waals surface area contributed by atoms with E-state index in [1.54, 1.807) is 0 Å². The van der Waals surface area contributed by atoms with Crippen LogP contribution >= 0.6 is 0 Å². The Morgan fingerprint density at radius 2 is 0.556 bits per heavy atom. The fraction of sp³-hybridized carbons (Fsp3) is 0. The number of hydrogen-bond donors (Lipinski definition) is 4. The van der Waals surface area contributed by atoms with Gasteiger partial charge in [0.2, 0.25) is 0 Å². The molecule has 0 atom stereocenters. The van der Waals surface area contributed by atoms with Crippen LogP contribution in [-0.4, -0.2) is 104 Å². The topological polar surface area (TPSA) is 80.9 Å². The fourth-order valence-electron chi connectivity index (χ4n) is 0. The summed E-state index contributed by atoms with van der Waals surface area (Å²) >= 11 is 0. The third-order valence-corrected chi connectivity index (χ3v) is 0. The van der Waals surface area contributed by atoms with Crippen LogP contribution in [0.1, 0.15) is 0 Å². The molecule has 0 aliphatic rings. The second kappa shape index (κ2) is 13.1. The molecule has 0 aliphatic heterocycles. The first-order valence-electron chi connectivity index (χ1n) is 0.894. The van der Waals surface area contributed by atoms with E-state index in [0.717, 1.165) is 0 Å². The molecule has 0 bridgehead atoms. The van der Waals surface area contributed by atoms with Gasteiger partial charge in [0.05, 0.1) is 0 Å². The van der Waals surface area contributed by atoms with Crippen LogP contribution in [0.15, 0.2) is 0 Å². The van der Waals surface area contributed by atoms with E-state index in [1.807, 2.05) is 0 Å². The zero-order valence-corrected chi connectivity index (χ0v) is 7.29. The van der Waals surface area contributed by atoms with Crippen molar-refractivity contribution >= 4 is 84.5 Å². The number of hydrogen-bond acceptors (Lipinski definition) is 4. The van der Waals surface area contributed by atoms with Gasteiger partial charge in [0, 0.05) is 75.4 Å². The summed E-state index contributed by atoms with van der Waals surface area (Å²) < 4.78 is 0. The van der Waals surface area contributed by atoms with Crippen LogP contribution in [0, 0.1) is 0 Å². The number of rotatable bonds is 0. The first-order valence-corrected chi connectivity index (χ1v) is 2.68. The van der Waals surface area contributed by atoms with Crippen molar-refractivity contribution in [3.63, 3.8) is 0 Å². The van der Waals surface area contributed by atoms with Gasteiger partial charge in [-0.2, -0.15) is 0 Å². The van der Waals surface area contributed by atoms with Gasteiger partial charge in [-0.05, 0) is 0 Å². The molecule has 0 aromatic rings. The molecule has 0 aromatic heterocycles. The summed E-state index contributed by atoms with van der Waals surface area (Å²) in [7, 11) is -4.61. The van der Waals surface area contributed by atoms with E-state index >= 15 is 0 Å². The monoisotopic (exact) mass is 124 g/mol. The van der Waals surface area contributed by atoms with Crippen LogP contribution in [0.25, 0.3) is 0 Å². The van der Waals surface area contributed by atoms with Crippen molar-refractivity contribution in [2.75, 3.05) is 0 Å². The Kier molecular flexibility index (Phi) is 43.6. The van der Waals surface area contributed by atoms with Gasteiger partial charge in [0.25, 0.3) is 0 Å². The van der Waals surface area contributed by atoms with Crippen LogP contribution < -0.4 is 0 Å². The average Bonchev–Trinajstić information content (AvgIpc) is 0.722. The minimum Gasteiger partial charge on any atom is -0.368 e. The van der Waals surface area contributed by atoms with Crippen LogP contribution in [-0.2, 0) is 0 Å². The van der Waals surface area contributed by atoms with E-state index in [0.29, 0.717) is 0 Å². The van der Waals surface area contributed by atoms with Crippen LogP contribution in [0.3, 0.4) is 0 Å². The molecule has 0 spiro atoms. The summed E-state index contributed by atoms with van der Waals surface area (Å²) in [5, 5.41) is 0. The molecule has 0 saturated heterocycles. The fourth-order valence-corrected chi connectivity index (χ4v) is 0. The zero-order chi connectivity index (χ0) is 4.50. The molecule has 0 aliphatic carbocycles. The Morgan fingerprint density at radius 1 is 0.556 bits per heavy atom. The molecule has 9 heteroatoms. The molecule has 0 fully saturated rings. The molecule has 4 radical (unpaired) electrons. The van der Waals surface area contributed by atoms with E-state index in [1.165, 1.54) is 0 Å². The SMILES string of the molecule is O[Si](O)(O)O.[Li].[Li].[Li].[Li]. The molecule has 4 N–H and O–H groups in total. The van der Waals surface area contributed by atoms with Crippen molar-refractivity contribution in [1.29, 1.82) is 0 Å². The molecule has 0 aromatic carbocycles. The quantitative estimate of drug-likeness (QED) is 0.247. The van der Waals surface area contributed by atoms with Gasteiger partial charge in [-0.3, -0.25) is 0 Å². The third kappa shape index (κ3) is 125. The maximum Gasteiger partial charge on any atom is 0.668 e. The first-order chi connectivity index (χ1) is 2.00. The predicted molar refractivity (Wildman–Crippen MR) is 37.6 cm³/mol. The van der Waals surface area contributed by atoms with Crippen molar-refractivity contribution in [3.05, 3.63) is 0 Å². The summed E-state index contributed by atoms with van der Waals surface area (Å²) in [6.45, 7) is 0. The molecule has 0 amide bonds. The van der Waals surface area contributed by atoms with E-state index in [2.05, 4.69) is 0 Å². The van der Waals surface area contributed by atoms with Crippen molar-refractivity contribution in [1.82, 2.24) is 0 Å². The third-order valence-electron chi connectivity index (χ3n) is 0. The largest absolute Gasteiger partial charge is 0.668 e. The Labute approximate surface area is 103 Å². The molecule has 4 nitrogen and oxygen atoms in total. The first kappa shape index (κ1) is 30.1. The maximum absolute atomic E-state index is 7.33. The van der Waals surface area contributed by atoms with Crippen LogP contribution in [0.4, 0.5) is 0 Å². The summed E-state index contributed by atoms with van der Waals surface area (Å²) in [5.74, 6) is 0. The summed E-state index contributed by atoms with van der Waals surface area (Å²) in [6.07, 6.45) is 0. The van der Waals surface area contributed by atoms with Gasteiger partial charge in [-0.15, -0.1) is 0 Å². The summed E-state index contributed by atoms with van der Waals surface area (Å²) in [4.78, 5) is 29.3. The van der Waals surface area contributed by atoms with Crippen molar-refractivity contribution in [2.24, 2.45) is 0 Å². The second-order valence-corrected chi connectivity index (χ2v) is 1.80. The second-order valence-electron chi connectivity index (χ2n) is 0.600. The van der Waals surface area contributed by atoms with Crippen molar-refractivity contribution in [2.45, 2.75) is 0 Å². The van der Waals surface area contributed by atoms with E-state index in [9.17, 15) is 0 Å². The van der Waals surface area contributed by atoms with Gasteiger partial charge < -0.3 is 19.2 Å². The average molecular weight is 124 g/mol. The Morgan fingerprint density at radius 3 is 0.556 bits per heavy atom. The van der Waals surface area contributed by atoms with Gasteiger partial charge in [0.1, 0.15) is 0 Å². The normalized spacial score (nSPS) is 6.67. The molecule has 0 saturated carbocycles.